The van der Waals surface area contributed by atoms with Gasteiger partial charge in [-0.3, -0.25) is 10.2 Å². The summed E-state index contributed by atoms with van der Waals surface area (Å²) in [6, 6.07) is 0.192. The molecule has 12 heteroatoms. The average Bonchev–Trinajstić information content (AvgIpc) is 1.90. The Morgan fingerprint density at radius 2 is 1.11 bits per heavy atom. The lowest BCUT2D eigenvalue weighted by Crippen LogP contribution is -2.19. The summed E-state index contributed by atoms with van der Waals surface area (Å²) in [5.74, 6) is -2.88. The number of hydrogen-bond acceptors (Lipinski definition) is 5. The van der Waals surface area contributed by atoms with E-state index in [9.17, 15) is 0 Å². The van der Waals surface area contributed by atoms with Gasteiger partial charge in [-0.2, -0.15) is 13.5 Å². The molecule has 2 atom stereocenters. The molecule has 2 N–H and O–H groups in total. The van der Waals surface area contributed by atoms with E-state index in [2.05, 4.69) is 23.7 Å². The average molecular weight is 393 g/mol. The normalized spacial score (nSPS) is 35.0. The smallest absolute Gasteiger partial charge is 0.251 e. The Kier molecular flexibility index (Phi) is 6.20. The van der Waals surface area contributed by atoms with Gasteiger partial charge in [0.15, 0.2) is 0 Å². The van der Waals surface area contributed by atoms with Gasteiger partial charge in [-0.05, 0) is 72.7 Å². The zero-order chi connectivity index (χ0) is 14.2. The lowest BCUT2D eigenvalue weighted by molar-refractivity contribution is 0.756. The Morgan fingerprint density at radius 3 is 1.50 bits per heavy atom. The van der Waals surface area contributed by atoms with Gasteiger partial charge in [0.05, 0.1) is 0 Å². The van der Waals surface area contributed by atoms with Gasteiger partial charge in [0.1, 0.15) is 0 Å². The summed E-state index contributed by atoms with van der Waals surface area (Å²) in [4.78, 5) is 0. The zero-order valence-electron chi connectivity index (χ0n) is 10.3. The molecule has 0 saturated heterocycles. The van der Waals surface area contributed by atoms with Crippen molar-refractivity contribution in [2.24, 2.45) is 13.5 Å². The highest BCUT2D eigenvalue weighted by Gasteiger charge is 2.33. The van der Waals surface area contributed by atoms with Crippen LogP contribution in [0.5, 0.6) is 0 Å². The lowest BCUT2D eigenvalue weighted by atomic mass is 10.4. The van der Waals surface area contributed by atoms with Gasteiger partial charge in [-0.15, -0.1) is 0 Å². The molecule has 1 rings (SSSR count). The third-order valence-electron chi connectivity index (χ3n) is 1.53. The highest BCUT2D eigenvalue weighted by molar-refractivity contribution is 8.17. The molecule has 0 radical (unpaired) electrons. The lowest BCUT2D eigenvalue weighted by Gasteiger charge is -2.27. The molecule has 18 heavy (non-hydrogen) atoms. The van der Waals surface area contributed by atoms with E-state index < -0.39 is 19.3 Å². The number of halogens is 4. The van der Waals surface area contributed by atoms with Gasteiger partial charge in [-0.1, -0.05) is 0 Å². The van der Waals surface area contributed by atoms with Crippen LogP contribution in [0, 0.1) is 0 Å². The first kappa shape index (κ1) is 17.8. The minimum Gasteiger partial charge on any atom is -0.251 e. The fourth-order valence-electron chi connectivity index (χ4n) is 1.26. The molecular formula is C6H16Cl4N5P3. The van der Waals surface area contributed by atoms with Gasteiger partial charge in [0.2, 0.25) is 13.4 Å². The van der Waals surface area contributed by atoms with Crippen LogP contribution >= 0.6 is 64.3 Å². The second-order valence-corrected chi connectivity index (χ2v) is 16.2. The minimum atomic E-state index is -2.88. The van der Waals surface area contributed by atoms with Crippen LogP contribution in [0.1, 0.15) is 27.7 Å². The Bertz CT molecular complexity index is 466. The van der Waals surface area contributed by atoms with Crippen molar-refractivity contribution in [2.45, 2.75) is 39.8 Å². The standard InChI is InChI=1S/C6H16Cl4N5P3/c1-5(2)11-17(9)13-16(7,8)14-18(10,15-17)12-6(3)4/h5-6,11-12H,1-4H3/t17-,18+. The van der Waals surface area contributed by atoms with E-state index >= 15 is 0 Å². The molecule has 0 aliphatic carbocycles. The van der Waals surface area contributed by atoms with Gasteiger partial charge in [0, 0.05) is 12.1 Å². The van der Waals surface area contributed by atoms with Crippen LogP contribution in [-0.2, 0) is 0 Å². The van der Waals surface area contributed by atoms with Gasteiger partial charge in [0.25, 0.3) is 5.91 Å². The van der Waals surface area contributed by atoms with Crippen molar-refractivity contribution in [3.05, 3.63) is 0 Å². The van der Waals surface area contributed by atoms with E-state index in [1.807, 2.05) is 27.7 Å². The zero-order valence-corrected chi connectivity index (χ0v) is 16.1. The molecule has 0 aromatic rings. The monoisotopic (exact) mass is 391 g/mol. The van der Waals surface area contributed by atoms with Crippen LogP contribution in [0.3, 0.4) is 0 Å². The molecule has 0 bridgehead atoms. The molecule has 1 heterocycles. The molecule has 0 spiro atoms. The third-order valence-corrected chi connectivity index (χ3v) is 14.2. The summed E-state index contributed by atoms with van der Waals surface area (Å²) >= 11 is 25.0. The van der Waals surface area contributed by atoms with E-state index in [0.717, 1.165) is 0 Å². The first-order valence-corrected chi connectivity index (χ1v) is 13.9. The van der Waals surface area contributed by atoms with Gasteiger partial charge < -0.3 is 0 Å². The van der Waals surface area contributed by atoms with E-state index in [4.69, 9.17) is 45.0 Å². The Morgan fingerprint density at radius 1 is 0.722 bits per heavy atom. The van der Waals surface area contributed by atoms with Crippen LogP contribution < -0.4 is 10.2 Å². The predicted molar refractivity (Wildman–Crippen MR) is 88.0 cm³/mol. The van der Waals surface area contributed by atoms with E-state index in [1.165, 1.54) is 0 Å². The number of nitrogens with zero attached hydrogens (tertiary/aromatic N) is 3. The molecule has 0 unspecified atom stereocenters. The molecular weight excluding hydrogens is 377 g/mol. The fraction of sp³-hybridized carbons (Fsp3) is 1.00. The van der Waals surface area contributed by atoms with E-state index in [0.29, 0.717) is 0 Å². The SMILES string of the molecule is CC(C)N[P@]1(Cl)=N[P@](Cl)(NC(C)C)=NP(Cl)(Cl)=N1. The fourth-order valence-corrected chi connectivity index (χ4v) is 18.1. The van der Waals surface area contributed by atoms with Crippen molar-refractivity contribution < 1.29 is 0 Å². The van der Waals surface area contributed by atoms with Crippen LogP contribution in [0.4, 0.5) is 0 Å². The first-order valence-electron chi connectivity index (χ1n) is 5.21. The van der Waals surface area contributed by atoms with Crippen molar-refractivity contribution in [3.63, 3.8) is 0 Å². The second-order valence-electron chi connectivity index (χ2n) is 4.34. The van der Waals surface area contributed by atoms with E-state index in [1.54, 1.807) is 0 Å². The molecule has 0 aromatic carbocycles. The largest absolute Gasteiger partial charge is 0.257 e. The molecule has 1 aliphatic rings. The summed E-state index contributed by atoms with van der Waals surface area (Å²) in [7, 11) is 0. The Hall–Kier alpha value is 1.77. The van der Waals surface area contributed by atoms with Gasteiger partial charge >= 0.3 is 0 Å². The second kappa shape index (κ2) is 6.26. The summed E-state index contributed by atoms with van der Waals surface area (Å²) in [6.45, 7) is 2.35. The summed E-state index contributed by atoms with van der Waals surface area (Å²) < 4.78 is 12.7. The maximum atomic E-state index is 6.39. The molecule has 5 nitrogen and oxygen atoms in total. The van der Waals surface area contributed by atoms with Crippen LogP contribution in [0.2, 0.25) is 0 Å². The van der Waals surface area contributed by atoms with Crippen LogP contribution in [-0.4, -0.2) is 12.1 Å². The van der Waals surface area contributed by atoms with Crippen molar-refractivity contribution in [3.8, 4) is 0 Å². The first-order chi connectivity index (χ1) is 7.95. The summed E-state index contributed by atoms with van der Waals surface area (Å²) in [6.07, 6.45) is 0. The summed E-state index contributed by atoms with van der Waals surface area (Å²) in [5, 5.41) is 6.18. The minimum absolute atomic E-state index is 0.0962. The topological polar surface area (TPSA) is 61.1 Å². The highest BCUT2D eigenvalue weighted by atomic mass is 35.9. The van der Waals surface area contributed by atoms with Crippen molar-refractivity contribution in [1.29, 1.82) is 0 Å². The number of hydrogen-bond donors (Lipinski definition) is 2. The van der Waals surface area contributed by atoms with E-state index in [-0.39, 0.29) is 12.1 Å². The third kappa shape index (κ3) is 5.64. The van der Waals surface area contributed by atoms with Crippen molar-refractivity contribution in [2.75, 3.05) is 0 Å². The molecule has 0 aromatic heterocycles. The summed E-state index contributed by atoms with van der Waals surface area (Å²) in [5.41, 5.74) is 0. The Labute approximate surface area is 127 Å². The quantitative estimate of drug-likeness (QED) is 0.517. The number of nitrogens with one attached hydrogen (secondary N) is 2. The maximum absolute atomic E-state index is 6.39. The Balaban J connectivity index is 3.31. The van der Waals surface area contributed by atoms with Crippen molar-refractivity contribution >= 4 is 64.3 Å². The predicted octanol–water partition coefficient (Wildman–Crippen LogP) is 6.79. The molecule has 0 fully saturated rings. The molecule has 0 saturated carbocycles. The number of rotatable bonds is 4. The maximum Gasteiger partial charge on any atom is 0.257 e. The van der Waals surface area contributed by atoms with Crippen molar-refractivity contribution in [1.82, 2.24) is 10.2 Å². The molecule has 0 amide bonds. The van der Waals surface area contributed by atoms with Gasteiger partial charge in [-0.25, -0.2) is 0 Å². The molecule has 1 aliphatic heterocycles. The molecule has 108 valence electrons. The van der Waals surface area contributed by atoms with Crippen LogP contribution in [0.15, 0.2) is 13.5 Å². The highest BCUT2D eigenvalue weighted by Crippen LogP contribution is 2.83. The van der Waals surface area contributed by atoms with Crippen LogP contribution in [0.25, 0.3) is 0 Å².